The fourth-order valence-electron chi connectivity index (χ4n) is 2.41. The lowest BCUT2D eigenvalue weighted by Crippen LogP contribution is -2.24. The Morgan fingerprint density at radius 2 is 2.28 bits per heavy atom. The Kier molecular flexibility index (Phi) is 6.57. The smallest absolute Gasteiger partial charge is 0.137 e. The summed E-state index contributed by atoms with van der Waals surface area (Å²) in [6.45, 7) is 4.28. The fraction of sp³-hybridized carbons (Fsp3) is 0.538. The monoisotopic (exact) mass is 336 g/mol. The van der Waals surface area contributed by atoms with Crippen molar-refractivity contribution in [2.75, 3.05) is 26.7 Å². The average Bonchev–Trinajstić information content (AvgIpc) is 2.72. The molecule has 1 aliphatic rings. The molecule has 1 N–H and O–H groups in total. The van der Waals surface area contributed by atoms with E-state index in [2.05, 4.69) is 26.1 Å². The summed E-state index contributed by atoms with van der Waals surface area (Å²) >= 11 is 3.23. The second-order valence-corrected chi connectivity index (χ2v) is 5.55. The van der Waals surface area contributed by atoms with Gasteiger partial charge in [-0.15, -0.1) is 12.4 Å². The van der Waals surface area contributed by atoms with E-state index in [1.807, 2.05) is 19.2 Å². The van der Waals surface area contributed by atoms with Crippen LogP contribution in [0.1, 0.15) is 12.0 Å². The van der Waals surface area contributed by atoms with Crippen molar-refractivity contribution < 1.29 is 4.39 Å². The van der Waals surface area contributed by atoms with Gasteiger partial charge in [-0.05, 0) is 66.1 Å². The van der Waals surface area contributed by atoms with Gasteiger partial charge < -0.3 is 5.32 Å². The number of nitrogens with one attached hydrogen (secondary N) is 1. The van der Waals surface area contributed by atoms with Gasteiger partial charge in [-0.25, -0.2) is 4.39 Å². The van der Waals surface area contributed by atoms with Crippen molar-refractivity contribution >= 4 is 28.3 Å². The summed E-state index contributed by atoms with van der Waals surface area (Å²) in [6, 6.07) is 5.27. The van der Waals surface area contributed by atoms with Crippen LogP contribution in [0, 0.1) is 11.7 Å². The highest BCUT2D eigenvalue weighted by molar-refractivity contribution is 9.10. The van der Waals surface area contributed by atoms with Gasteiger partial charge in [-0.2, -0.15) is 0 Å². The second kappa shape index (κ2) is 7.43. The summed E-state index contributed by atoms with van der Waals surface area (Å²) in [5.41, 5.74) is 1.17. The molecule has 0 saturated carbocycles. The van der Waals surface area contributed by atoms with E-state index in [1.54, 1.807) is 0 Å². The van der Waals surface area contributed by atoms with Gasteiger partial charge >= 0.3 is 0 Å². The third-order valence-corrected chi connectivity index (χ3v) is 3.86. The highest BCUT2D eigenvalue weighted by Crippen LogP contribution is 2.21. The topological polar surface area (TPSA) is 15.3 Å². The fourth-order valence-corrected chi connectivity index (χ4v) is 2.83. The minimum absolute atomic E-state index is 0. The number of likely N-dealkylation sites (tertiary alicyclic amines) is 1. The van der Waals surface area contributed by atoms with Gasteiger partial charge in [0.1, 0.15) is 5.82 Å². The Labute approximate surface area is 122 Å². The van der Waals surface area contributed by atoms with E-state index in [4.69, 9.17) is 0 Å². The maximum absolute atomic E-state index is 13.1. The first kappa shape index (κ1) is 15.9. The van der Waals surface area contributed by atoms with Crippen molar-refractivity contribution in [1.29, 1.82) is 0 Å². The Bertz CT molecular complexity index is 389. The van der Waals surface area contributed by atoms with Crippen LogP contribution < -0.4 is 5.32 Å². The first-order valence-corrected chi connectivity index (χ1v) is 6.79. The molecule has 1 heterocycles. The molecule has 102 valence electrons. The van der Waals surface area contributed by atoms with Crippen molar-refractivity contribution in [1.82, 2.24) is 10.2 Å². The molecule has 1 aliphatic heterocycles. The number of hydrogen-bond acceptors (Lipinski definition) is 2. The van der Waals surface area contributed by atoms with Crippen LogP contribution in [0.25, 0.3) is 0 Å². The van der Waals surface area contributed by atoms with E-state index in [0.29, 0.717) is 4.47 Å². The normalized spacial score (nSPS) is 19.8. The molecule has 1 saturated heterocycles. The van der Waals surface area contributed by atoms with E-state index >= 15 is 0 Å². The lowest BCUT2D eigenvalue weighted by Gasteiger charge is -2.16. The summed E-state index contributed by atoms with van der Waals surface area (Å²) in [6.07, 6.45) is 1.25. The van der Waals surface area contributed by atoms with Crippen LogP contribution in [0.5, 0.6) is 0 Å². The molecule has 0 bridgehead atoms. The van der Waals surface area contributed by atoms with Crippen molar-refractivity contribution in [3.8, 4) is 0 Å². The molecule has 0 amide bonds. The predicted molar refractivity (Wildman–Crippen MR) is 78.7 cm³/mol. The predicted octanol–water partition coefficient (Wildman–Crippen LogP) is 3.05. The molecule has 0 spiro atoms. The van der Waals surface area contributed by atoms with E-state index in [-0.39, 0.29) is 18.2 Å². The molecular formula is C13H19BrClFN2. The van der Waals surface area contributed by atoms with Crippen LogP contribution in [0.4, 0.5) is 4.39 Å². The van der Waals surface area contributed by atoms with Gasteiger partial charge in [-0.3, -0.25) is 4.90 Å². The molecule has 1 unspecified atom stereocenters. The molecule has 1 aromatic carbocycles. The summed E-state index contributed by atoms with van der Waals surface area (Å²) in [5, 5.41) is 3.23. The van der Waals surface area contributed by atoms with Gasteiger partial charge in [0.25, 0.3) is 0 Å². The van der Waals surface area contributed by atoms with E-state index in [0.717, 1.165) is 32.1 Å². The molecule has 1 aromatic rings. The van der Waals surface area contributed by atoms with Crippen molar-refractivity contribution in [2.24, 2.45) is 5.92 Å². The van der Waals surface area contributed by atoms with Gasteiger partial charge in [-0.1, -0.05) is 6.07 Å². The molecule has 0 aromatic heterocycles. The van der Waals surface area contributed by atoms with Crippen LogP contribution >= 0.6 is 28.3 Å². The van der Waals surface area contributed by atoms with Crippen molar-refractivity contribution in [3.05, 3.63) is 34.1 Å². The van der Waals surface area contributed by atoms with Crippen molar-refractivity contribution in [3.63, 3.8) is 0 Å². The van der Waals surface area contributed by atoms with Crippen LogP contribution in [0.15, 0.2) is 22.7 Å². The highest BCUT2D eigenvalue weighted by atomic mass is 79.9. The molecule has 0 radical (unpaired) electrons. The van der Waals surface area contributed by atoms with Crippen LogP contribution in [-0.4, -0.2) is 31.6 Å². The minimum atomic E-state index is -0.191. The summed E-state index contributed by atoms with van der Waals surface area (Å²) in [7, 11) is 2.00. The third kappa shape index (κ3) is 4.19. The average molecular weight is 338 g/mol. The highest BCUT2D eigenvalue weighted by Gasteiger charge is 2.21. The van der Waals surface area contributed by atoms with Gasteiger partial charge in [0, 0.05) is 13.1 Å². The Balaban J connectivity index is 0.00000162. The lowest BCUT2D eigenvalue weighted by atomic mass is 10.1. The number of hydrogen-bond donors (Lipinski definition) is 1. The SMILES string of the molecule is CNCC1CCN(Cc2ccc(F)c(Br)c2)C1.Cl. The standard InChI is InChI=1S/C13H18BrFN2.ClH/c1-16-7-11-4-5-17(9-11)8-10-2-3-13(15)12(14)6-10;/h2-3,6,11,16H,4-5,7-9H2,1H3;1H. The van der Waals surface area contributed by atoms with E-state index in [9.17, 15) is 4.39 Å². The number of benzene rings is 1. The molecule has 1 fully saturated rings. The Morgan fingerprint density at radius 1 is 1.50 bits per heavy atom. The van der Waals surface area contributed by atoms with E-state index in [1.165, 1.54) is 18.1 Å². The van der Waals surface area contributed by atoms with Gasteiger partial charge in [0.05, 0.1) is 4.47 Å². The molecule has 18 heavy (non-hydrogen) atoms. The number of rotatable bonds is 4. The zero-order valence-corrected chi connectivity index (χ0v) is 12.9. The lowest BCUT2D eigenvalue weighted by molar-refractivity contribution is 0.315. The second-order valence-electron chi connectivity index (χ2n) is 4.70. The Morgan fingerprint density at radius 3 is 2.94 bits per heavy atom. The summed E-state index contributed by atoms with van der Waals surface area (Å²) in [5.74, 6) is 0.562. The molecule has 2 nitrogen and oxygen atoms in total. The summed E-state index contributed by atoms with van der Waals surface area (Å²) in [4.78, 5) is 2.43. The molecule has 5 heteroatoms. The molecule has 1 atom stereocenters. The van der Waals surface area contributed by atoms with Crippen LogP contribution in [0.2, 0.25) is 0 Å². The maximum Gasteiger partial charge on any atom is 0.137 e. The Hall–Kier alpha value is -0.160. The van der Waals surface area contributed by atoms with Crippen LogP contribution in [0.3, 0.4) is 0 Å². The molecular weight excluding hydrogens is 319 g/mol. The minimum Gasteiger partial charge on any atom is -0.319 e. The van der Waals surface area contributed by atoms with Crippen molar-refractivity contribution in [2.45, 2.75) is 13.0 Å². The molecule has 2 rings (SSSR count). The maximum atomic E-state index is 13.1. The summed E-state index contributed by atoms with van der Waals surface area (Å²) < 4.78 is 13.7. The van der Waals surface area contributed by atoms with Crippen LogP contribution in [-0.2, 0) is 6.54 Å². The quantitative estimate of drug-likeness (QED) is 0.908. The first-order chi connectivity index (χ1) is 8.19. The zero-order chi connectivity index (χ0) is 12.3. The number of nitrogens with zero attached hydrogens (tertiary/aromatic N) is 1. The molecule has 0 aliphatic carbocycles. The third-order valence-electron chi connectivity index (χ3n) is 3.25. The van der Waals surface area contributed by atoms with E-state index < -0.39 is 0 Å². The first-order valence-electron chi connectivity index (χ1n) is 6.00. The number of halogens is 3. The zero-order valence-electron chi connectivity index (χ0n) is 10.5. The van der Waals surface area contributed by atoms with Gasteiger partial charge in [0.2, 0.25) is 0 Å². The van der Waals surface area contributed by atoms with Gasteiger partial charge in [0.15, 0.2) is 0 Å². The largest absolute Gasteiger partial charge is 0.319 e.